The fourth-order valence-corrected chi connectivity index (χ4v) is 7.14. The molecule has 0 radical (unpaired) electrons. The Kier molecular flexibility index (Phi) is 6.59. The Morgan fingerprint density at radius 3 is 1.33 bits per heavy atom. The molecule has 0 aromatic heterocycles. The van der Waals surface area contributed by atoms with Crippen LogP contribution < -0.4 is 0 Å². The Balaban J connectivity index is 1.04. The molecule has 9 rings (SSSR count). The van der Waals surface area contributed by atoms with Crippen LogP contribution in [0.3, 0.4) is 0 Å². The first-order valence-electron chi connectivity index (χ1n) is 16.3. The third kappa shape index (κ3) is 4.89. The Morgan fingerprint density at radius 1 is 0.292 bits per heavy atom. The van der Waals surface area contributed by atoms with Crippen LogP contribution in [0.2, 0.25) is 0 Å². The summed E-state index contributed by atoms with van der Waals surface area (Å²) in [5.41, 5.74) is 10.2. The standard InChI is InChI=1S/C47H29N/c48-30-31-7-5-9-32(23-31)34-15-17-38-26-40(21-19-36(38)24-34)41-22-20-37-25-35(16-18-39(37)27-41)33-10-6-11-42(28-33)47-29-43-8-1-2-12-44(43)45-13-3-4-14-46(45)47/h1-29H. The molecule has 0 spiro atoms. The van der Waals surface area contributed by atoms with Crippen LogP contribution in [0.25, 0.3) is 87.6 Å². The molecule has 0 unspecified atom stereocenters. The lowest BCUT2D eigenvalue weighted by molar-refractivity contribution is 1.48. The van der Waals surface area contributed by atoms with Gasteiger partial charge in [-0.2, -0.15) is 5.26 Å². The number of rotatable bonds is 4. The second-order valence-electron chi connectivity index (χ2n) is 12.5. The zero-order valence-electron chi connectivity index (χ0n) is 26.2. The molecule has 9 aromatic carbocycles. The average Bonchev–Trinajstić information content (AvgIpc) is 3.17. The van der Waals surface area contributed by atoms with Crippen LogP contribution in [0.5, 0.6) is 0 Å². The summed E-state index contributed by atoms with van der Waals surface area (Å²) in [6.07, 6.45) is 0. The molecule has 48 heavy (non-hydrogen) atoms. The normalized spacial score (nSPS) is 11.3. The van der Waals surface area contributed by atoms with Crippen molar-refractivity contribution in [1.82, 2.24) is 0 Å². The molecular formula is C47H29N. The fourth-order valence-electron chi connectivity index (χ4n) is 7.14. The van der Waals surface area contributed by atoms with Gasteiger partial charge >= 0.3 is 0 Å². The lowest BCUT2D eigenvalue weighted by Crippen LogP contribution is -1.86. The summed E-state index contributed by atoms with van der Waals surface area (Å²) in [6.45, 7) is 0. The van der Waals surface area contributed by atoms with Crippen molar-refractivity contribution < 1.29 is 0 Å². The summed E-state index contributed by atoms with van der Waals surface area (Å²) in [7, 11) is 0. The first-order chi connectivity index (χ1) is 23.7. The molecule has 0 aliphatic carbocycles. The van der Waals surface area contributed by atoms with Gasteiger partial charge in [0.25, 0.3) is 0 Å². The molecule has 0 saturated carbocycles. The van der Waals surface area contributed by atoms with Crippen molar-refractivity contribution in [2.45, 2.75) is 0 Å². The van der Waals surface area contributed by atoms with E-state index in [1.807, 2.05) is 18.2 Å². The Hall–Kier alpha value is -6.49. The van der Waals surface area contributed by atoms with Gasteiger partial charge in [-0.3, -0.25) is 0 Å². The first-order valence-corrected chi connectivity index (χ1v) is 16.3. The highest BCUT2D eigenvalue weighted by Gasteiger charge is 2.11. The number of hydrogen-bond acceptors (Lipinski definition) is 1. The van der Waals surface area contributed by atoms with E-state index in [2.05, 4.69) is 164 Å². The largest absolute Gasteiger partial charge is 0.192 e. The molecule has 0 aliphatic rings. The first kappa shape index (κ1) is 27.8. The van der Waals surface area contributed by atoms with Crippen molar-refractivity contribution in [2.75, 3.05) is 0 Å². The molecular weight excluding hydrogens is 579 g/mol. The minimum Gasteiger partial charge on any atom is -0.192 e. The van der Waals surface area contributed by atoms with E-state index in [4.69, 9.17) is 0 Å². The molecule has 0 amide bonds. The second-order valence-corrected chi connectivity index (χ2v) is 12.5. The summed E-state index contributed by atoms with van der Waals surface area (Å²) >= 11 is 0. The molecule has 0 heterocycles. The van der Waals surface area contributed by atoms with Gasteiger partial charge < -0.3 is 0 Å². The van der Waals surface area contributed by atoms with E-state index in [9.17, 15) is 5.26 Å². The number of hydrogen-bond donors (Lipinski definition) is 0. The third-order valence-corrected chi connectivity index (χ3v) is 9.61. The van der Waals surface area contributed by atoms with Crippen LogP contribution >= 0.6 is 0 Å². The lowest BCUT2D eigenvalue weighted by atomic mass is 9.91. The van der Waals surface area contributed by atoms with E-state index in [0.29, 0.717) is 5.56 Å². The summed E-state index contributed by atoms with van der Waals surface area (Å²) in [4.78, 5) is 0. The summed E-state index contributed by atoms with van der Waals surface area (Å²) < 4.78 is 0. The van der Waals surface area contributed by atoms with Gasteiger partial charge in [0.2, 0.25) is 0 Å². The van der Waals surface area contributed by atoms with Crippen LogP contribution in [0.4, 0.5) is 0 Å². The van der Waals surface area contributed by atoms with Gasteiger partial charge in [0, 0.05) is 0 Å². The number of fused-ring (bicyclic) bond motifs is 5. The molecule has 0 fully saturated rings. The lowest BCUT2D eigenvalue weighted by Gasteiger charge is -2.13. The molecule has 1 heteroatoms. The van der Waals surface area contributed by atoms with E-state index in [0.717, 1.165) is 11.1 Å². The minimum atomic E-state index is 0.676. The monoisotopic (exact) mass is 607 g/mol. The summed E-state index contributed by atoms with van der Waals surface area (Å²) in [6, 6.07) is 65.4. The number of nitriles is 1. The van der Waals surface area contributed by atoms with E-state index in [1.165, 1.54) is 76.5 Å². The van der Waals surface area contributed by atoms with Gasteiger partial charge in [-0.15, -0.1) is 0 Å². The van der Waals surface area contributed by atoms with Crippen LogP contribution in [-0.2, 0) is 0 Å². The Bertz CT molecular complexity index is 2740. The van der Waals surface area contributed by atoms with Gasteiger partial charge in [0.15, 0.2) is 0 Å². The SMILES string of the molecule is N#Cc1cccc(-c2ccc3cc(-c4ccc5cc(-c6cccc(-c7cc8ccccc8c8ccccc78)c6)ccc5c4)ccc3c2)c1. The summed E-state index contributed by atoms with van der Waals surface area (Å²) in [5.74, 6) is 0. The van der Waals surface area contributed by atoms with Gasteiger partial charge in [-0.1, -0.05) is 127 Å². The van der Waals surface area contributed by atoms with Gasteiger partial charge in [0.05, 0.1) is 11.6 Å². The van der Waals surface area contributed by atoms with Gasteiger partial charge in [-0.05, 0) is 136 Å². The van der Waals surface area contributed by atoms with Crippen molar-refractivity contribution in [3.05, 3.63) is 181 Å². The summed E-state index contributed by atoms with van der Waals surface area (Å²) in [5, 5.41) is 19.3. The molecule has 0 bridgehead atoms. The molecule has 222 valence electrons. The van der Waals surface area contributed by atoms with Crippen LogP contribution in [0.1, 0.15) is 5.56 Å². The van der Waals surface area contributed by atoms with E-state index >= 15 is 0 Å². The quantitative estimate of drug-likeness (QED) is 0.183. The van der Waals surface area contributed by atoms with Crippen molar-refractivity contribution in [1.29, 1.82) is 5.26 Å². The molecule has 9 aromatic rings. The van der Waals surface area contributed by atoms with Gasteiger partial charge in [0.1, 0.15) is 0 Å². The smallest absolute Gasteiger partial charge is 0.0991 e. The zero-order chi connectivity index (χ0) is 32.0. The fraction of sp³-hybridized carbons (Fsp3) is 0. The zero-order valence-corrected chi connectivity index (χ0v) is 26.2. The number of nitrogens with zero attached hydrogens (tertiary/aromatic N) is 1. The third-order valence-electron chi connectivity index (χ3n) is 9.61. The maximum absolute atomic E-state index is 9.31. The van der Waals surface area contributed by atoms with Gasteiger partial charge in [-0.25, -0.2) is 0 Å². The maximum Gasteiger partial charge on any atom is 0.0991 e. The number of benzene rings is 9. The van der Waals surface area contributed by atoms with E-state index < -0.39 is 0 Å². The topological polar surface area (TPSA) is 23.8 Å². The highest BCUT2D eigenvalue weighted by molar-refractivity contribution is 6.14. The molecule has 0 atom stereocenters. The van der Waals surface area contributed by atoms with Crippen LogP contribution in [0.15, 0.2) is 176 Å². The predicted octanol–water partition coefficient (Wildman–Crippen LogP) is 12.8. The van der Waals surface area contributed by atoms with Crippen LogP contribution in [-0.4, -0.2) is 0 Å². The van der Waals surface area contributed by atoms with Crippen molar-refractivity contribution in [2.24, 2.45) is 0 Å². The molecule has 0 aliphatic heterocycles. The highest BCUT2D eigenvalue weighted by Crippen LogP contribution is 2.37. The molecule has 1 nitrogen and oxygen atoms in total. The highest BCUT2D eigenvalue weighted by atomic mass is 14.2. The van der Waals surface area contributed by atoms with Crippen molar-refractivity contribution in [3.8, 4) is 50.6 Å². The molecule has 0 N–H and O–H groups in total. The molecule has 0 saturated heterocycles. The Morgan fingerprint density at radius 2 is 0.750 bits per heavy atom. The maximum atomic E-state index is 9.31. The van der Waals surface area contributed by atoms with Crippen LogP contribution in [0, 0.1) is 11.3 Å². The van der Waals surface area contributed by atoms with E-state index in [1.54, 1.807) is 0 Å². The predicted molar refractivity (Wildman–Crippen MR) is 203 cm³/mol. The Labute approximate surface area is 279 Å². The van der Waals surface area contributed by atoms with E-state index in [-0.39, 0.29) is 0 Å². The van der Waals surface area contributed by atoms with Crippen molar-refractivity contribution >= 4 is 43.1 Å². The average molecular weight is 608 g/mol. The second kappa shape index (κ2) is 11.4. The van der Waals surface area contributed by atoms with Crippen molar-refractivity contribution in [3.63, 3.8) is 0 Å². The minimum absolute atomic E-state index is 0.676.